The zero-order valence-corrected chi connectivity index (χ0v) is 14.0. The molecule has 0 aliphatic carbocycles. The minimum absolute atomic E-state index is 0.00176. The van der Waals surface area contributed by atoms with E-state index >= 15 is 0 Å². The lowest BCUT2D eigenvalue weighted by atomic mass is 9.79. The third-order valence-corrected chi connectivity index (χ3v) is 6.38. The number of aliphatic carboxylic acids is 1. The molecule has 3 aliphatic heterocycles. The number of thioether (sulfide) groups is 1. The number of carbonyl (C=O) groups is 3. The van der Waals surface area contributed by atoms with Crippen LogP contribution in [0, 0.1) is 11.8 Å². The Balaban J connectivity index is 1.88. The maximum atomic E-state index is 12.2. The van der Waals surface area contributed by atoms with Gasteiger partial charge in [0.05, 0.1) is 18.1 Å². The lowest BCUT2D eigenvalue weighted by Gasteiger charge is -2.46. The molecule has 0 unspecified atom stereocenters. The summed E-state index contributed by atoms with van der Waals surface area (Å²) >= 11 is 1.39. The summed E-state index contributed by atoms with van der Waals surface area (Å²) in [7, 11) is 1.73. The van der Waals surface area contributed by atoms with Crippen LogP contribution in [0.4, 0.5) is 0 Å². The molecule has 5 atom stereocenters. The van der Waals surface area contributed by atoms with Gasteiger partial charge in [-0.2, -0.15) is 0 Å². The molecule has 0 spiro atoms. The molecule has 0 radical (unpaired) electrons. The summed E-state index contributed by atoms with van der Waals surface area (Å²) in [5.41, 5.74) is 0.0244. The summed E-state index contributed by atoms with van der Waals surface area (Å²) < 4.78 is 0. The molecule has 3 rings (SSSR count). The second-order valence-electron chi connectivity index (χ2n) is 6.49. The first-order valence-electron chi connectivity index (χ1n) is 7.63. The highest BCUT2D eigenvalue weighted by Gasteiger charge is 2.60. The first-order valence-corrected chi connectivity index (χ1v) is 8.51. The average Bonchev–Trinajstić information content (AvgIpc) is 2.87. The molecule has 2 saturated heterocycles. The fraction of sp³-hybridized carbons (Fsp3) is 0.667. The molecule has 0 aromatic rings. The highest BCUT2D eigenvalue weighted by molar-refractivity contribution is 8.03. The Kier molecular flexibility index (Phi) is 3.92. The van der Waals surface area contributed by atoms with Gasteiger partial charge in [-0.1, -0.05) is 6.92 Å². The van der Waals surface area contributed by atoms with Gasteiger partial charge in [0.25, 0.3) is 0 Å². The van der Waals surface area contributed by atoms with Crippen LogP contribution in [0.3, 0.4) is 0 Å². The second-order valence-corrected chi connectivity index (χ2v) is 7.83. The monoisotopic (exact) mass is 340 g/mol. The molecule has 8 heteroatoms. The number of aliphatic hydroxyl groups is 1. The Bertz CT molecular complexity index is 617. The van der Waals surface area contributed by atoms with Crippen molar-refractivity contribution < 1.29 is 24.6 Å². The number of carboxylic acid groups (broad SMARTS) is 1. The number of hydrogen-bond acceptors (Lipinski definition) is 5. The number of carbonyl (C=O) groups excluding carboxylic acids is 2. The molecule has 3 heterocycles. The number of hydrogen-bond donors (Lipinski definition) is 2. The zero-order chi connectivity index (χ0) is 17.0. The van der Waals surface area contributed by atoms with E-state index in [1.807, 2.05) is 6.92 Å². The van der Waals surface area contributed by atoms with Crippen LogP contribution in [0.15, 0.2) is 10.6 Å². The number of likely N-dealkylation sites (tertiary alicyclic amines) is 1. The standard InChI is InChI=1S/C15H20N2O5S/c1-6-11-10(7(2)18)14(20)17(11)12(15(21)22)13(6)23-8-4-9(19)16(3)5-8/h6-8,10-11,18H,4-5H2,1-3H3,(H,21,22)/t6-,7-,8+,10-,11+/m1/s1. The predicted octanol–water partition coefficient (Wildman–Crippen LogP) is 0.104. The molecule has 3 aliphatic rings. The van der Waals surface area contributed by atoms with E-state index in [0.29, 0.717) is 17.9 Å². The molecule has 0 aromatic carbocycles. The summed E-state index contributed by atoms with van der Waals surface area (Å²) in [5, 5.41) is 19.3. The zero-order valence-electron chi connectivity index (χ0n) is 13.2. The molecular formula is C15H20N2O5S. The van der Waals surface area contributed by atoms with Crippen LogP contribution in [0.25, 0.3) is 0 Å². The largest absolute Gasteiger partial charge is 0.477 e. The number of rotatable bonds is 4. The number of β-lactam (4-membered cyclic amide) rings is 1. The smallest absolute Gasteiger partial charge is 0.353 e. The summed E-state index contributed by atoms with van der Waals surface area (Å²) in [4.78, 5) is 39.2. The van der Waals surface area contributed by atoms with E-state index in [4.69, 9.17) is 0 Å². The third-order valence-electron chi connectivity index (χ3n) is 4.91. The minimum Gasteiger partial charge on any atom is -0.477 e. The normalized spacial score (nSPS) is 34.8. The van der Waals surface area contributed by atoms with Gasteiger partial charge in [0.2, 0.25) is 11.8 Å². The Morgan fingerprint density at radius 1 is 1.39 bits per heavy atom. The first-order chi connectivity index (χ1) is 10.7. The number of nitrogens with zero attached hydrogens (tertiary/aromatic N) is 2. The Labute approximate surface area is 138 Å². The Morgan fingerprint density at radius 3 is 2.52 bits per heavy atom. The third kappa shape index (κ3) is 2.35. The molecule has 7 nitrogen and oxygen atoms in total. The molecule has 23 heavy (non-hydrogen) atoms. The lowest BCUT2D eigenvalue weighted by molar-refractivity contribution is -0.163. The van der Waals surface area contributed by atoms with E-state index in [9.17, 15) is 24.6 Å². The van der Waals surface area contributed by atoms with Gasteiger partial charge >= 0.3 is 5.97 Å². The highest BCUT2D eigenvalue weighted by atomic mass is 32.2. The van der Waals surface area contributed by atoms with Gasteiger partial charge in [0.1, 0.15) is 5.70 Å². The molecule has 2 fully saturated rings. The van der Waals surface area contributed by atoms with Gasteiger partial charge in [0, 0.05) is 36.1 Å². The van der Waals surface area contributed by atoms with E-state index in [2.05, 4.69) is 0 Å². The number of aliphatic hydroxyl groups excluding tert-OH is 1. The van der Waals surface area contributed by atoms with E-state index in [0.717, 1.165) is 0 Å². The van der Waals surface area contributed by atoms with E-state index in [-0.39, 0.29) is 34.7 Å². The van der Waals surface area contributed by atoms with Crippen LogP contribution in [-0.2, 0) is 14.4 Å². The lowest BCUT2D eigenvalue weighted by Crippen LogP contribution is -2.63. The topological polar surface area (TPSA) is 98.1 Å². The van der Waals surface area contributed by atoms with Gasteiger partial charge in [-0.15, -0.1) is 11.8 Å². The predicted molar refractivity (Wildman–Crippen MR) is 83.3 cm³/mol. The van der Waals surface area contributed by atoms with E-state index in [1.54, 1.807) is 18.9 Å². The van der Waals surface area contributed by atoms with Crippen LogP contribution in [0.1, 0.15) is 20.3 Å². The average molecular weight is 340 g/mol. The molecule has 2 amide bonds. The molecule has 0 bridgehead atoms. The maximum Gasteiger partial charge on any atom is 0.353 e. The van der Waals surface area contributed by atoms with Crippen LogP contribution in [0.5, 0.6) is 0 Å². The van der Waals surface area contributed by atoms with Crippen LogP contribution >= 0.6 is 11.8 Å². The Morgan fingerprint density at radius 2 is 2.04 bits per heavy atom. The van der Waals surface area contributed by atoms with Gasteiger partial charge in [0.15, 0.2) is 0 Å². The fourth-order valence-corrected chi connectivity index (χ4v) is 5.29. The number of amides is 2. The van der Waals surface area contributed by atoms with Crippen molar-refractivity contribution in [1.82, 2.24) is 9.80 Å². The molecule has 0 aromatic heterocycles. The number of carboxylic acids is 1. The first kappa shape index (κ1) is 16.3. The van der Waals surface area contributed by atoms with Crippen molar-refractivity contribution in [3.05, 3.63) is 10.6 Å². The van der Waals surface area contributed by atoms with Crippen molar-refractivity contribution in [2.75, 3.05) is 13.6 Å². The van der Waals surface area contributed by atoms with Gasteiger partial charge in [-0.05, 0) is 6.92 Å². The molecular weight excluding hydrogens is 320 g/mol. The summed E-state index contributed by atoms with van der Waals surface area (Å²) in [5.74, 6) is -2.11. The van der Waals surface area contributed by atoms with Crippen LogP contribution in [0.2, 0.25) is 0 Å². The number of fused-ring (bicyclic) bond motifs is 1. The summed E-state index contributed by atoms with van der Waals surface area (Å²) in [6.45, 7) is 4.02. The van der Waals surface area contributed by atoms with Crippen molar-refractivity contribution in [3.8, 4) is 0 Å². The van der Waals surface area contributed by atoms with Crippen LogP contribution in [-0.4, -0.2) is 68.8 Å². The van der Waals surface area contributed by atoms with Crippen molar-refractivity contribution in [2.24, 2.45) is 11.8 Å². The highest BCUT2D eigenvalue weighted by Crippen LogP contribution is 2.51. The molecule has 2 N–H and O–H groups in total. The van der Waals surface area contributed by atoms with Gasteiger partial charge < -0.3 is 20.0 Å². The maximum absolute atomic E-state index is 12.2. The fourth-order valence-electron chi connectivity index (χ4n) is 3.76. The van der Waals surface area contributed by atoms with E-state index < -0.39 is 18.0 Å². The Hall–Kier alpha value is -1.54. The van der Waals surface area contributed by atoms with E-state index in [1.165, 1.54) is 16.7 Å². The minimum atomic E-state index is -1.13. The van der Waals surface area contributed by atoms with Crippen molar-refractivity contribution in [2.45, 2.75) is 37.7 Å². The molecule has 0 saturated carbocycles. The molecule has 126 valence electrons. The second kappa shape index (κ2) is 5.52. The van der Waals surface area contributed by atoms with Gasteiger partial charge in [-0.3, -0.25) is 9.59 Å². The summed E-state index contributed by atoms with van der Waals surface area (Å²) in [6, 6.07) is -0.300. The van der Waals surface area contributed by atoms with Crippen molar-refractivity contribution in [1.29, 1.82) is 0 Å². The van der Waals surface area contributed by atoms with Gasteiger partial charge in [-0.25, -0.2) is 4.79 Å². The quantitative estimate of drug-likeness (QED) is 0.705. The van der Waals surface area contributed by atoms with Crippen molar-refractivity contribution in [3.63, 3.8) is 0 Å². The SMILES string of the molecule is C[C@@H](O)[C@H]1C(=O)N2C(C(=O)O)=C(S[C@H]3CC(=O)N(C)C3)[C@H](C)[C@@H]12. The van der Waals surface area contributed by atoms with Crippen LogP contribution < -0.4 is 0 Å². The summed E-state index contributed by atoms with van der Waals surface area (Å²) in [6.07, 6.45) is -0.423. The van der Waals surface area contributed by atoms with Crippen molar-refractivity contribution >= 4 is 29.5 Å².